The van der Waals surface area contributed by atoms with Gasteiger partial charge in [-0.3, -0.25) is 0 Å². The number of rotatable bonds is 11. The van der Waals surface area contributed by atoms with Crippen LogP contribution in [0.1, 0.15) is 43.8 Å². The number of hydrogen-bond acceptors (Lipinski definition) is 6. The summed E-state index contributed by atoms with van der Waals surface area (Å²) in [5, 5.41) is 9.26. The lowest BCUT2D eigenvalue weighted by atomic mass is 9.88. The van der Waals surface area contributed by atoms with Crippen LogP contribution in [0, 0.1) is 17.7 Å². The van der Waals surface area contributed by atoms with Gasteiger partial charge >= 0.3 is 12.1 Å². The van der Waals surface area contributed by atoms with Gasteiger partial charge in [-0.05, 0) is 68.8 Å². The lowest BCUT2D eigenvalue weighted by Gasteiger charge is -2.38. The molecule has 1 aromatic rings. The van der Waals surface area contributed by atoms with Crippen LogP contribution in [0.15, 0.2) is 18.2 Å². The second-order valence-electron chi connectivity index (χ2n) is 9.78. The molecular formula is C26H40ClFN4O5. The molecule has 4 atom stereocenters. The Morgan fingerprint density at radius 1 is 1.27 bits per heavy atom. The van der Waals surface area contributed by atoms with Gasteiger partial charge in [-0.1, -0.05) is 11.6 Å². The van der Waals surface area contributed by atoms with Crippen molar-refractivity contribution < 1.29 is 28.2 Å². The number of piperidine rings is 1. The molecule has 3 N–H and O–H groups in total. The number of hydrogen-bond donors (Lipinski definition) is 3. The van der Waals surface area contributed by atoms with Crippen LogP contribution in [0.25, 0.3) is 0 Å². The first-order valence-electron chi connectivity index (χ1n) is 13.1. The zero-order valence-corrected chi connectivity index (χ0v) is 22.5. The molecule has 0 aliphatic carbocycles. The van der Waals surface area contributed by atoms with Gasteiger partial charge in [0.05, 0.1) is 19.8 Å². The summed E-state index contributed by atoms with van der Waals surface area (Å²) in [6.45, 7) is 3.77. The maximum atomic E-state index is 14.2. The Hall–Kier alpha value is -2.14. The number of likely N-dealkylation sites (tertiary alicyclic amines) is 1. The molecule has 3 amide bonds. The molecule has 2 aliphatic rings. The number of methoxy groups -OCH3 is 1. The standard InChI is InChI=1S/C26H40ClFN4O5/c1-29-15-23(11-18-5-4-9-36-17-18)31-25(33)32-8-3-6-19(16-32)24(37-10-7-30-26(34)35-2)20-12-21(27)14-22(28)13-20/h12-14,18-19,23-24,29H,3-11,15-17H2,1-2H3,(H,30,34)(H,31,33)/t18-,19-,23+,24?/m1/s1. The molecule has 9 nitrogen and oxygen atoms in total. The first kappa shape index (κ1) is 29.4. The maximum absolute atomic E-state index is 14.2. The second kappa shape index (κ2) is 15.3. The summed E-state index contributed by atoms with van der Waals surface area (Å²) in [6.07, 6.45) is 3.60. The van der Waals surface area contributed by atoms with Crippen molar-refractivity contribution in [1.29, 1.82) is 0 Å². The average Bonchev–Trinajstić information content (AvgIpc) is 2.88. The third-order valence-electron chi connectivity index (χ3n) is 6.89. The van der Waals surface area contributed by atoms with E-state index in [4.69, 9.17) is 21.1 Å². The highest BCUT2D eigenvalue weighted by Gasteiger charge is 2.32. The van der Waals surface area contributed by atoms with Crippen molar-refractivity contribution >= 4 is 23.7 Å². The van der Waals surface area contributed by atoms with Crippen LogP contribution in [-0.2, 0) is 14.2 Å². The minimum absolute atomic E-state index is 0.00282. The smallest absolute Gasteiger partial charge is 0.406 e. The maximum Gasteiger partial charge on any atom is 0.406 e. The highest BCUT2D eigenvalue weighted by molar-refractivity contribution is 6.30. The predicted octanol–water partition coefficient (Wildman–Crippen LogP) is 3.72. The Kier molecular flexibility index (Phi) is 12.2. The van der Waals surface area contributed by atoms with Gasteiger partial charge in [0.25, 0.3) is 0 Å². The fourth-order valence-electron chi connectivity index (χ4n) is 5.20. The van der Waals surface area contributed by atoms with E-state index >= 15 is 0 Å². The number of amides is 3. The highest BCUT2D eigenvalue weighted by Crippen LogP contribution is 2.34. The van der Waals surface area contributed by atoms with E-state index in [2.05, 4.69) is 20.7 Å². The average molecular weight is 543 g/mol. The van der Waals surface area contributed by atoms with E-state index in [1.165, 1.54) is 19.2 Å². The van der Waals surface area contributed by atoms with Crippen LogP contribution in [-0.4, -0.2) is 83.2 Å². The molecule has 3 rings (SSSR count). The molecule has 2 aliphatic heterocycles. The van der Waals surface area contributed by atoms with Crippen molar-refractivity contribution in [2.75, 3.05) is 60.2 Å². The Labute approximate surface area is 223 Å². The number of nitrogens with one attached hydrogen (secondary N) is 3. The summed E-state index contributed by atoms with van der Waals surface area (Å²) >= 11 is 6.14. The lowest BCUT2D eigenvalue weighted by Crippen LogP contribution is -2.52. The number of halogens is 2. The van der Waals surface area contributed by atoms with E-state index in [0.29, 0.717) is 31.1 Å². The Morgan fingerprint density at radius 2 is 2.11 bits per heavy atom. The number of carbonyl (C=O) groups is 2. The predicted molar refractivity (Wildman–Crippen MR) is 139 cm³/mol. The number of alkyl carbamates (subject to hydrolysis) is 1. The first-order valence-corrected chi connectivity index (χ1v) is 13.4. The number of benzene rings is 1. The van der Waals surface area contributed by atoms with E-state index in [1.54, 1.807) is 6.07 Å². The summed E-state index contributed by atoms with van der Waals surface area (Å²) in [6, 6.07) is 4.25. The minimum atomic E-state index is -0.551. The first-order chi connectivity index (χ1) is 17.9. The van der Waals surface area contributed by atoms with Crippen molar-refractivity contribution in [1.82, 2.24) is 20.9 Å². The number of carbonyl (C=O) groups excluding carboxylic acids is 2. The number of urea groups is 1. The third kappa shape index (κ3) is 9.59. The van der Waals surface area contributed by atoms with Gasteiger partial charge in [0.1, 0.15) is 5.82 Å². The fourth-order valence-corrected chi connectivity index (χ4v) is 5.43. The summed E-state index contributed by atoms with van der Waals surface area (Å²) in [4.78, 5) is 26.5. The number of ether oxygens (including phenoxy) is 3. The molecule has 11 heteroatoms. The zero-order chi connectivity index (χ0) is 26.6. The molecule has 0 spiro atoms. The summed E-state index contributed by atoms with van der Waals surface area (Å²) in [5.41, 5.74) is 0.612. The largest absolute Gasteiger partial charge is 0.453 e. The van der Waals surface area contributed by atoms with Crippen molar-refractivity contribution in [3.8, 4) is 0 Å². The molecule has 2 saturated heterocycles. The van der Waals surface area contributed by atoms with E-state index in [-0.39, 0.29) is 36.2 Å². The van der Waals surface area contributed by atoms with Crippen molar-refractivity contribution in [3.05, 3.63) is 34.6 Å². The van der Waals surface area contributed by atoms with Crippen molar-refractivity contribution in [2.45, 2.75) is 44.2 Å². The summed E-state index contributed by atoms with van der Waals surface area (Å²) in [5.74, 6) is -0.0728. The molecule has 37 heavy (non-hydrogen) atoms. The van der Waals surface area contributed by atoms with Crippen LogP contribution in [0.3, 0.4) is 0 Å². The molecule has 1 aromatic carbocycles. The Balaban J connectivity index is 1.65. The van der Waals surface area contributed by atoms with E-state index in [1.807, 2.05) is 11.9 Å². The van der Waals surface area contributed by atoms with Crippen LogP contribution < -0.4 is 16.0 Å². The van der Waals surface area contributed by atoms with Crippen molar-refractivity contribution in [3.63, 3.8) is 0 Å². The van der Waals surface area contributed by atoms with E-state index in [9.17, 15) is 14.0 Å². The van der Waals surface area contributed by atoms with E-state index in [0.717, 1.165) is 45.3 Å². The second-order valence-corrected chi connectivity index (χ2v) is 10.2. The molecule has 2 heterocycles. The van der Waals surface area contributed by atoms with E-state index < -0.39 is 18.0 Å². The summed E-state index contributed by atoms with van der Waals surface area (Å²) in [7, 11) is 3.17. The molecule has 0 bridgehead atoms. The zero-order valence-electron chi connectivity index (χ0n) is 21.8. The van der Waals surface area contributed by atoms with Gasteiger partial charge in [-0.25, -0.2) is 14.0 Å². The molecule has 2 fully saturated rings. The van der Waals surface area contributed by atoms with Gasteiger partial charge in [-0.2, -0.15) is 0 Å². The normalized spacial score (nSPS) is 21.7. The van der Waals surface area contributed by atoms with Gasteiger partial charge < -0.3 is 35.1 Å². The molecule has 0 aromatic heterocycles. The monoisotopic (exact) mass is 542 g/mol. The topological polar surface area (TPSA) is 101 Å². The minimum Gasteiger partial charge on any atom is -0.453 e. The van der Waals surface area contributed by atoms with Crippen LogP contribution in [0.5, 0.6) is 0 Å². The van der Waals surface area contributed by atoms with Crippen LogP contribution in [0.2, 0.25) is 5.02 Å². The highest BCUT2D eigenvalue weighted by atomic mass is 35.5. The SMILES string of the molecule is CNC[C@H](C[C@H]1CCCOC1)NC(=O)N1CCC[C@@H](C(OCCNC(=O)OC)c2cc(F)cc(Cl)c2)C1. The van der Waals surface area contributed by atoms with Gasteiger partial charge in [-0.15, -0.1) is 0 Å². The third-order valence-corrected chi connectivity index (χ3v) is 7.11. The lowest BCUT2D eigenvalue weighted by molar-refractivity contribution is -0.00888. The van der Waals surface area contributed by atoms with Gasteiger partial charge in [0, 0.05) is 56.4 Å². The Bertz CT molecular complexity index is 853. The molecular weight excluding hydrogens is 503 g/mol. The van der Waals surface area contributed by atoms with Gasteiger partial charge in [0.2, 0.25) is 0 Å². The molecule has 0 radical (unpaired) electrons. The van der Waals surface area contributed by atoms with Gasteiger partial charge in [0.15, 0.2) is 0 Å². The van der Waals surface area contributed by atoms with Crippen molar-refractivity contribution in [2.24, 2.45) is 11.8 Å². The quantitative estimate of drug-likeness (QED) is 0.368. The molecule has 1 unspecified atom stereocenters. The fraction of sp³-hybridized carbons (Fsp3) is 0.692. The Morgan fingerprint density at radius 3 is 2.81 bits per heavy atom. The number of nitrogens with zero attached hydrogens (tertiary/aromatic N) is 1. The van der Waals surface area contributed by atoms with Crippen LogP contribution >= 0.6 is 11.6 Å². The summed E-state index contributed by atoms with van der Waals surface area (Å²) < 4.78 is 30.6. The number of likely N-dealkylation sites (N-methyl/N-ethyl adjacent to an activating group) is 1. The van der Waals surface area contributed by atoms with Crippen LogP contribution in [0.4, 0.5) is 14.0 Å². The molecule has 208 valence electrons. The molecule has 0 saturated carbocycles.